The highest BCUT2D eigenvalue weighted by Gasteiger charge is 2.32. The lowest BCUT2D eigenvalue weighted by Gasteiger charge is -2.29. The maximum absolute atomic E-state index is 12.9. The normalized spacial score (nSPS) is 21.6. The first kappa shape index (κ1) is 31.3. The van der Waals surface area contributed by atoms with E-state index in [1.165, 1.54) is 9.13 Å². The summed E-state index contributed by atoms with van der Waals surface area (Å²) in [7, 11) is -2.26. The summed E-state index contributed by atoms with van der Waals surface area (Å²) in [6.07, 6.45) is 2.53. The Hall–Kier alpha value is -3.68. The van der Waals surface area contributed by atoms with E-state index in [9.17, 15) is 32.4 Å². The minimum absolute atomic E-state index is 0.127. The van der Waals surface area contributed by atoms with Crippen LogP contribution in [0.1, 0.15) is 77.3 Å². The molecule has 1 aliphatic carbocycles. The van der Waals surface area contributed by atoms with E-state index < -0.39 is 45.5 Å². The molecule has 2 fully saturated rings. The number of imidazole rings is 1. The summed E-state index contributed by atoms with van der Waals surface area (Å²) >= 11 is 0. The van der Waals surface area contributed by atoms with E-state index in [4.69, 9.17) is 4.74 Å². The second-order valence-electron chi connectivity index (χ2n) is 12.1. The number of alkyl carbamates (subject to hydrolysis) is 1. The fraction of sp³-hybridized carbons (Fsp3) is 0.607. The van der Waals surface area contributed by atoms with Crippen molar-refractivity contribution in [1.82, 2.24) is 24.5 Å². The summed E-state index contributed by atoms with van der Waals surface area (Å²) < 4.78 is 35.6. The average molecular weight is 606 g/mol. The van der Waals surface area contributed by atoms with Gasteiger partial charge in [-0.05, 0) is 83.4 Å². The maximum Gasteiger partial charge on any atom is 0.407 e. The number of nitrogens with one attached hydrogen (secondary N) is 3. The summed E-state index contributed by atoms with van der Waals surface area (Å²) in [4.78, 5) is 61.5. The molecule has 0 bridgehead atoms. The van der Waals surface area contributed by atoms with Crippen LogP contribution >= 0.6 is 0 Å². The van der Waals surface area contributed by atoms with Crippen molar-refractivity contribution in [2.24, 2.45) is 13.0 Å². The molecule has 0 spiro atoms. The molecule has 230 valence electrons. The number of piperidine rings is 1. The molecule has 1 aromatic heterocycles. The summed E-state index contributed by atoms with van der Waals surface area (Å²) in [6, 6.07) is 4.38. The molecule has 14 heteroatoms. The minimum atomic E-state index is -3.85. The third-order valence-corrected chi connectivity index (χ3v) is 8.97. The van der Waals surface area contributed by atoms with E-state index in [1.54, 1.807) is 46.0 Å². The molecule has 42 heavy (non-hydrogen) atoms. The van der Waals surface area contributed by atoms with Crippen molar-refractivity contribution in [2.75, 3.05) is 5.75 Å². The lowest BCUT2D eigenvalue weighted by Crippen LogP contribution is -2.44. The fourth-order valence-electron chi connectivity index (χ4n) is 5.52. The smallest absolute Gasteiger partial charge is 0.407 e. The molecule has 4 amide bonds. The summed E-state index contributed by atoms with van der Waals surface area (Å²) in [5.41, 5.74) is 0.962. The largest absolute Gasteiger partial charge is 0.444 e. The molecule has 1 unspecified atom stereocenters. The Bertz CT molecular complexity index is 1540. The topological polar surface area (TPSA) is 175 Å². The van der Waals surface area contributed by atoms with Crippen LogP contribution in [0, 0.1) is 5.92 Å². The number of amides is 4. The number of ether oxygens (including phenoxy) is 1. The Balaban J connectivity index is 1.29. The van der Waals surface area contributed by atoms with Crippen molar-refractivity contribution in [3.05, 3.63) is 34.2 Å². The Morgan fingerprint density at radius 1 is 1.05 bits per heavy atom. The molecule has 1 saturated heterocycles. The molecule has 3 N–H and O–H groups in total. The van der Waals surface area contributed by atoms with Crippen molar-refractivity contribution in [1.29, 1.82) is 0 Å². The molecule has 1 aliphatic heterocycles. The van der Waals surface area contributed by atoms with Crippen LogP contribution in [0.5, 0.6) is 0 Å². The van der Waals surface area contributed by atoms with Crippen molar-refractivity contribution in [3.63, 3.8) is 0 Å². The zero-order chi connectivity index (χ0) is 30.8. The summed E-state index contributed by atoms with van der Waals surface area (Å²) in [6.45, 7) is 5.33. The van der Waals surface area contributed by atoms with Crippen LogP contribution in [0.15, 0.2) is 23.0 Å². The number of hydrogen-bond donors (Lipinski definition) is 3. The maximum atomic E-state index is 12.9. The van der Waals surface area contributed by atoms with E-state index >= 15 is 0 Å². The Morgan fingerprint density at radius 2 is 1.74 bits per heavy atom. The van der Waals surface area contributed by atoms with Gasteiger partial charge in [-0.25, -0.2) is 18.0 Å². The van der Waals surface area contributed by atoms with Crippen LogP contribution in [0.25, 0.3) is 11.0 Å². The number of hydrogen-bond acceptors (Lipinski definition) is 8. The van der Waals surface area contributed by atoms with Gasteiger partial charge in [0.05, 0.1) is 16.8 Å². The molecule has 1 atom stereocenters. The molecule has 13 nitrogen and oxygen atoms in total. The van der Waals surface area contributed by atoms with Gasteiger partial charge in [0.15, 0.2) is 0 Å². The standard InChI is InChI=1S/C28H39N5O8S/c1-28(2,3)41-26(37)29-19-10-8-18(9-11-19)24(35)31-42(39,40)15-5-6-17-7-12-20-22(16-17)32(4)27(38)33(20)21-13-14-23(34)30-25(21)36/h7,12,16,18-19,21H,5-6,8-11,13-15H2,1-4H3,(H,29,37)(H,31,35)(H,30,34,36). The third-order valence-electron chi connectivity index (χ3n) is 7.63. The average Bonchev–Trinajstić information content (AvgIpc) is 3.12. The monoisotopic (exact) mass is 605 g/mol. The molecular weight excluding hydrogens is 566 g/mol. The molecular formula is C28H39N5O8S. The van der Waals surface area contributed by atoms with Crippen molar-refractivity contribution < 1.29 is 32.3 Å². The van der Waals surface area contributed by atoms with Crippen LogP contribution in [0.2, 0.25) is 0 Å². The Kier molecular flexibility index (Phi) is 9.14. The fourth-order valence-corrected chi connectivity index (χ4v) is 6.62. The number of carbonyl (C=O) groups is 4. The highest BCUT2D eigenvalue weighted by molar-refractivity contribution is 7.90. The van der Waals surface area contributed by atoms with Crippen LogP contribution < -0.4 is 21.0 Å². The zero-order valence-corrected chi connectivity index (χ0v) is 25.2. The number of rotatable bonds is 8. The highest BCUT2D eigenvalue weighted by Crippen LogP contribution is 2.26. The Labute approximate surface area is 244 Å². The number of imide groups is 1. The first-order chi connectivity index (χ1) is 19.6. The summed E-state index contributed by atoms with van der Waals surface area (Å²) in [5, 5.41) is 5.08. The van der Waals surface area contributed by atoms with Gasteiger partial charge in [-0.1, -0.05) is 6.07 Å². The lowest BCUT2D eigenvalue weighted by atomic mass is 9.86. The number of aromatic nitrogens is 2. The molecule has 2 heterocycles. The molecule has 2 aromatic rings. The number of nitrogens with zero attached hydrogens (tertiary/aromatic N) is 2. The van der Waals surface area contributed by atoms with Crippen molar-refractivity contribution in [3.8, 4) is 0 Å². The predicted octanol–water partition coefficient (Wildman–Crippen LogP) is 1.78. The van der Waals surface area contributed by atoms with Crippen LogP contribution in [-0.4, -0.2) is 58.8 Å². The molecule has 1 saturated carbocycles. The minimum Gasteiger partial charge on any atom is -0.444 e. The second kappa shape index (κ2) is 12.3. The number of sulfonamides is 1. The zero-order valence-electron chi connectivity index (χ0n) is 24.4. The quantitative estimate of drug-likeness (QED) is 0.382. The Morgan fingerprint density at radius 3 is 2.38 bits per heavy atom. The van der Waals surface area contributed by atoms with Gasteiger partial charge >= 0.3 is 11.8 Å². The first-order valence-corrected chi connectivity index (χ1v) is 15.9. The molecule has 0 radical (unpaired) electrons. The molecule has 1 aromatic carbocycles. The SMILES string of the molecule is Cn1c(=O)n(C2CCC(=O)NC2=O)c2ccc(CCCS(=O)(=O)NC(=O)C3CCC(NC(=O)OC(C)(C)C)CC3)cc21. The first-order valence-electron chi connectivity index (χ1n) is 14.2. The van der Waals surface area contributed by atoms with Gasteiger partial charge in [-0.3, -0.25) is 33.6 Å². The van der Waals surface area contributed by atoms with Gasteiger partial charge in [0, 0.05) is 25.4 Å². The van der Waals surface area contributed by atoms with Gasteiger partial charge in [0.25, 0.3) is 0 Å². The number of aryl methyl sites for hydroxylation is 2. The third kappa shape index (κ3) is 7.58. The number of carbonyl (C=O) groups excluding carboxylic acids is 4. The van der Waals surface area contributed by atoms with Gasteiger partial charge in [0.2, 0.25) is 27.7 Å². The van der Waals surface area contributed by atoms with E-state index in [0.29, 0.717) is 43.1 Å². The molecule has 2 aliphatic rings. The van der Waals surface area contributed by atoms with E-state index in [2.05, 4.69) is 15.4 Å². The van der Waals surface area contributed by atoms with Crippen molar-refractivity contribution >= 4 is 44.9 Å². The lowest BCUT2D eigenvalue weighted by molar-refractivity contribution is -0.135. The van der Waals surface area contributed by atoms with Crippen LogP contribution in [0.4, 0.5) is 4.79 Å². The summed E-state index contributed by atoms with van der Waals surface area (Å²) in [5.74, 6) is -2.10. The van der Waals surface area contributed by atoms with E-state index in [0.717, 1.165) is 5.56 Å². The predicted molar refractivity (Wildman–Crippen MR) is 154 cm³/mol. The van der Waals surface area contributed by atoms with Gasteiger partial charge in [-0.2, -0.15) is 0 Å². The van der Waals surface area contributed by atoms with Crippen molar-refractivity contribution in [2.45, 2.75) is 89.8 Å². The van der Waals surface area contributed by atoms with Crippen LogP contribution in [-0.2, 0) is 42.6 Å². The van der Waals surface area contributed by atoms with Gasteiger partial charge in [0.1, 0.15) is 11.6 Å². The molecule has 4 rings (SSSR count). The number of benzene rings is 1. The second-order valence-corrected chi connectivity index (χ2v) is 13.9. The highest BCUT2D eigenvalue weighted by atomic mass is 32.2. The van der Waals surface area contributed by atoms with Gasteiger partial charge in [-0.15, -0.1) is 0 Å². The van der Waals surface area contributed by atoms with Crippen LogP contribution in [0.3, 0.4) is 0 Å². The number of fused-ring (bicyclic) bond motifs is 1. The van der Waals surface area contributed by atoms with Gasteiger partial charge < -0.3 is 10.1 Å². The van der Waals surface area contributed by atoms with E-state index in [-0.39, 0.29) is 42.7 Å². The van der Waals surface area contributed by atoms with E-state index in [1.807, 2.05) is 0 Å².